The fourth-order valence-electron chi connectivity index (χ4n) is 2.22. The molecule has 0 aliphatic carbocycles. The number of nitrogens with one attached hydrogen (secondary N) is 3. The normalized spacial score (nSPS) is 10.2. The number of anilines is 3. The van der Waals surface area contributed by atoms with Crippen molar-refractivity contribution in [2.75, 3.05) is 22.5 Å². The molecule has 0 saturated heterocycles. The molecule has 0 fully saturated rings. The van der Waals surface area contributed by atoms with Gasteiger partial charge in [-0.25, -0.2) is 0 Å². The molecular weight excluding hydrogens is 318 g/mol. The molecule has 0 aromatic heterocycles. The van der Waals surface area contributed by atoms with Gasteiger partial charge in [-0.2, -0.15) is 0 Å². The van der Waals surface area contributed by atoms with Crippen molar-refractivity contribution >= 4 is 28.9 Å². The minimum atomic E-state index is -0.174. The number of rotatable bonds is 7. The van der Waals surface area contributed by atoms with Gasteiger partial charge in [-0.3, -0.25) is 9.59 Å². The van der Waals surface area contributed by atoms with Crippen molar-refractivity contribution in [3.63, 3.8) is 0 Å². The highest BCUT2D eigenvalue weighted by Crippen LogP contribution is 2.19. The number of hydrogen-bond acceptors (Lipinski definition) is 4. The molecule has 0 radical (unpaired) electrons. The van der Waals surface area contributed by atoms with E-state index in [4.69, 9.17) is 4.74 Å². The second-order valence-electron chi connectivity index (χ2n) is 5.86. The number of carbonyl (C=O) groups excluding carboxylic acids is 2. The van der Waals surface area contributed by atoms with Crippen LogP contribution in [0.15, 0.2) is 48.5 Å². The van der Waals surface area contributed by atoms with E-state index in [1.807, 2.05) is 38.1 Å². The molecule has 132 valence electrons. The molecule has 25 heavy (non-hydrogen) atoms. The summed E-state index contributed by atoms with van der Waals surface area (Å²) in [6.07, 6.45) is 0.0727. The molecule has 0 atom stereocenters. The molecule has 2 aromatic carbocycles. The highest BCUT2D eigenvalue weighted by molar-refractivity contribution is 5.94. The predicted molar refractivity (Wildman–Crippen MR) is 100 cm³/mol. The Kier molecular flexibility index (Phi) is 6.39. The van der Waals surface area contributed by atoms with E-state index >= 15 is 0 Å². The summed E-state index contributed by atoms with van der Waals surface area (Å²) in [5.74, 6) is 0.397. The number of carbonyl (C=O) groups is 2. The van der Waals surface area contributed by atoms with E-state index < -0.39 is 0 Å². The predicted octanol–water partition coefficient (Wildman–Crippen LogP) is 3.48. The van der Waals surface area contributed by atoms with Gasteiger partial charge in [-0.05, 0) is 44.2 Å². The van der Waals surface area contributed by atoms with Crippen LogP contribution < -0.4 is 20.7 Å². The number of benzene rings is 2. The lowest BCUT2D eigenvalue weighted by Crippen LogP contribution is -2.21. The summed E-state index contributed by atoms with van der Waals surface area (Å²) in [5.41, 5.74) is 2.10. The van der Waals surface area contributed by atoms with Gasteiger partial charge in [0.2, 0.25) is 11.8 Å². The Morgan fingerprint density at radius 3 is 2.28 bits per heavy atom. The van der Waals surface area contributed by atoms with Gasteiger partial charge in [0.25, 0.3) is 0 Å². The molecule has 2 aromatic rings. The van der Waals surface area contributed by atoms with Crippen LogP contribution in [0, 0.1) is 0 Å². The SMILES string of the molecule is CC(=O)Nc1cccc(NCC(=O)Nc2cccc(OC(C)C)c2)c1. The number of ether oxygens (including phenoxy) is 1. The van der Waals surface area contributed by atoms with Crippen molar-refractivity contribution in [1.82, 2.24) is 0 Å². The Balaban J connectivity index is 1.89. The van der Waals surface area contributed by atoms with E-state index in [0.717, 1.165) is 5.69 Å². The standard InChI is InChI=1S/C19H23N3O3/c1-13(2)25-18-9-5-8-17(11-18)22-19(24)12-20-15-6-4-7-16(10-15)21-14(3)23/h4-11,13,20H,12H2,1-3H3,(H,21,23)(H,22,24). The fourth-order valence-corrected chi connectivity index (χ4v) is 2.22. The van der Waals surface area contributed by atoms with Gasteiger partial charge in [0.15, 0.2) is 0 Å². The molecule has 2 rings (SSSR count). The second kappa shape index (κ2) is 8.73. The Morgan fingerprint density at radius 2 is 1.60 bits per heavy atom. The monoisotopic (exact) mass is 341 g/mol. The zero-order valence-electron chi connectivity index (χ0n) is 14.6. The Labute approximate surface area is 147 Å². The van der Waals surface area contributed by atoms with E-state index in [1.54, 1.807) is 24.3 Å². The smallest absolute Gasteiger partial charge is 0.243 e. The van der Waals surface area contributed by atoms with Gasteiger partial charge in [0.1, 0.15) is 5.75 Å². The summed E-state index contributed by atoms with van der Waals surface area (Å²) < 4.78 is 5.61. The van der Waals surface area contributed by atoms with Crippen LogP contribution in [0.3, 0.4) is 0 Å². The molecule has 3 N–H and O–H groups in total. The third-order valence-corrected chi connectivity index (χ3v) is 3.13. The van der Waals surface area contributed by atoms with Crippen LogP contribution >= 0.6 is 0 Å². The van der Waals surface area contributed by atoms with Crippen LogP contribution in [-0.2, 0) is 9.59 Å². The maximum atomic E-state index is 12.1. The third-order valence-electron chi connectivity index (χ3n) is 3.13. The molecule has 0 aliphatic rings. The largest absolute Gasteiger partial charge is 0.491 e. The molecule has 0 heterocycles. The summed E-state index contributed by atoms with van der Waals surface area (Å²) in [6, 6.07) is 14.5. The van der Waals surface area contributed by atoms with E-state index in [0.29, 0.717) is 17.1 Å². The van der Waals surface area contributed by atoms with Gasteiger partial charge in [0, 0.05) is 30.1 Å². The summed E-state index contributed by atoms with van der Waals surface area (Å²) in [7, 11) is 0. The second-order valence-corrected chi connectivity index (χ2v) is 5.86. The van der Waals surface area contributed by atoms with Crippen molar-refractivity contribution in [3.8, 4) is 5.75 Å². The van der Waals surface area contributed by atoms with E-state index in [9.17, 15) is 9.59 Å². The summed E-state index contributed by atoms with van der Waals surface area (Å²) in [5, 5.41) is 8.55. The van der Waals surface area contributed by atoms with Crippen LogP contribution in [0.2, 0.25) is 0 Å². The van der Waals surface area contributed by atoms with Crippen molar-refractivity contribution in [2.45, 2.75) is 26.9 Å². The fraction of sp³-hybridized carbons (Fsp3) is 0.263. The summed E-state index contributed by atoms with van der Waals surface area (Å²) in [6.45, 7) is 5.46. The summed E-state index contributed by atoms with van der Waals surface area (Å²) >= 11 is 0. The van der Waals surface area contributed by atoms with Crippen molar-refractivity contribution in [3.05, 3.63) is 48.5 Å². The first-order valence-corrected chi connectivity index (χ1v) is 8.10. The van der Waals surface area contributed by atoms with Gasteiger partial charge in [0.05, 0.1) is 12.6 Å². The Bertz CT molecular complexity index is 744. The molecular formula is C19H23N3O3. The molecule has 0 bridgehead atoms. The third kappa shape index (κ3) is 6.55. The maximum absolute atomic E-state index is 12.1. The Morgan fingerprint density at radius 1 is 0.960 bits per heavy atom. The first-order chi connectivity index (χ1) is 11.9. The van der Waals surface area contributed by atoms with E-state index in [-0.39, 0.29) is 24.5 Å². The zero-order valence-corrected chi connectivity index (χ0v) is 14.6. The quantitative estimate of drug-likeness (QED) is 0.720. The first kappa shape index (κ1) is 18.3. The highest BCUT2D eigenvalue weighted by Gasteiger charge is 2.05. The maximum Gasteiger partial charge on any atom is 0.243 e. The first-order valence-electron chi connectivity index (χ1n) is 8.10. The minimum Gasteiger partial charge on any atom is -0.491 e. The lowest BCUT2D eigenvalue weighted by molar-refractivity contribution is -0.115. The molecule has 6 heteroatoms. The molecule has 2 amide bonds. The lowest BCUT2D eigenvalue weighted by Gasteiger charge is -2.12. The molecule has 0 aliphatic heterocycles. The lowest BCUT2D eigenvalue weighted by atomic mass is 10.2. The molecule has 0 spiro atoms. The van der Waals surface area contributed by atoms with Crippen LogP contribution in [-0.4, -0.2) is 24.5 Å². The van der Waals surface area contributed by atoms with Crippen molar-refractivity contribution in [1.29, 1.82) is 0 Å². The molecule has 6 nitrogen and oxygen atoms in total. The van der Waals surface area contributed by atoms with E-state index in [1.165, 1.54) is 6.92 Å². The van der Waals surface area contributed by atoms with Crippen LogP contribution in [0.5, 0.6) is 5.75 Å². The Hall–Kier alpha value is -3.02. The average Bonchev–Trinajstić information content (AvgIpc) is 2.52. The number of hydrogen-bond donors (Lipinski definition) is 3. The van der Waals surface area contributed by atoms with Crippen LogP contribution in [0.25, 0.3) is 0 Å². The van der Waals surface area contributed by atoms with Gasteiger partial charge in [-0.15, -0.1) is 0 Å². The van der Waals surface area contributed by atoms with Crippen LogP contribution in [0.1, 0.15) is 20.8 Å². The topological polar surface area (TPSA) is 79.5 Å². The molecule has 0 unspecified atom stereocenters. The van der Waals surface area contributed by atoms with Gasteiger partial charge >= 0.3 is 0 Å². The summed E-state index contributed by atoms with van der Waals surface area (Å²) in [4.78, 5) is 23.2. The number of amides is 2. The van der Waals surface area contributed by atoms with Crippen molar-refractivity contribution in [2.24, 2.45) is 0 Å². The zero-order chi connectivity index (χ0) is 18.2. The highest BCUT2D eigenvalue weighted by atomic mass is 16.5. The van der Waals surface area contributed by atoms with Gasteiger partial charge in [-0.1, -0.05) is 12.1 Å². The van der Waals surface area contributed by atoms with Gasteiger partial charge < -0.3 is 20.7 Å². The average molecular weight is 341 g/mol. The minimum absolute atomic E-state index is 0.0727. The molecule has 0 saturated carbocycles. The van der Waals surface area contributed by atoms with Crippen molar-refractivity contribution < 1.29 is 14.3 Å². The van der Waals surface area contributed by atoms with E-state index in [2.05, 4.69) is 16.0 Å². The van der Waals surface area contributed by atoms with Crippen LogP contribution in [0.4, 0.5) is 17.1 Å².